The largest absolute Gasteiger partial charge is 0.400 e. The molecule has 0 spiro atoms. The van der Waals surface area contributed by atoms with E-state index < -0.39 is 19.1 Å². The van der Waals surface area contributed by atoms with Gasteiger partial charge in [0.25, 0.3) is 8.32 Å². The minimum absolute atomic E-state index is 0.159. The van der Waals surface area contributed by atoms with Gasteiger partial charge in [-0.2, -0.15) is 0 Å². The Bertz CT molecular complexity index is 1190. The summed E-state index contributed by atoms with van der Waals surface area (Å²) in [4.78, 5) is 0.836. The van der Waals surface area contributed by atoms with Gasteiger partial charge in [-0.3, -0.25) is 4.21 Å². The molecule has 0 saturated heterocycles. The van der Waals surface area contributed by atoms with Crippen LogP contribution in [0.4, 0.5) is 0 Å². The van der Waals surface area contributed by atoms with E-state index in [-0.39, 0.29) is 11.1 Å². The fourth-order valence-electron chi connectivity index (χ4n) is 4.69. The first-order chi connectivity index (χ1) is 16.8. The molecule has 0 aliphatic carbocycles. The molecule has 2 nitrogen and oxygen atoms in total. The van der Waals surface area contributed by atoms with E-state index in [0.29, 0.717) is 5.75 Å². The van der Waals surface area contributed by atoms with Crippen molar-refractivity contribution in [2.75, 3.05) is 5.75 Å². The van der Waals surface area contributed by atoms with Gasteiger partial charge in [0, 0.05) is 4.90 Å². The predicted molar refractivity (Wildman–Crippen MR) is 150 cm³/mol. The molecule has 0 aromatic heterocycles. The average molecular weight is 499 g/mol. The second-order valence-corrected chi connectivity index (χ2v) is 15.8. The van der Waals surface area contributed by atoms with Gasteiger partial charge in [0.05, 0.1) is 22.7 Å². The van der Waals surface area contributed by atoms with Crippen LogP contribution in [-0.4, -0.2) is 18.3 Å². The lowest BCUT2D eigenvalue weighted by Gasteiger charge is -2.45. The molecule has 180 valence electrons. The highest BCUT2D eigenvalue weighted by molar-refractivity contribution is 7.85. The van der Waals surface area contributed by atoms with Crippen LogP contribution >= 0.6 is 0 Å². The molecule has 35 heavy (non-hydrogen) atoms. The van der Waals surface area contributed by atoms with Crippen molar-refractivity contribution in [3.05, 3.63) is 126 Å². The zero-order valence-corrected chi connectivity index (χ0v) is 22.8. The molecule has 0 aliphatic rings. The Hall–Kier alpha value is -2.79. The molecular formula is C31H34O2SSi. The molecule has 4 rings (SSSR count). The topological polar surface area (TPSA) is 26.3 Å². The maximum absolute atomic E-state index is 13.6. The summed E-state index contributed by atoms with van der Waals surface area (Å²) in [7, 11) is -4.01. The molecule has 0 fully saturated rings. The summed E-state index contributed by atoms with van der Waals surface area (Å²) in [6.45, 7) is 8.88. The number of rotatable bonds is 8. The normalized spacial score (nSPS) is 13.8. The Morgan fingerprint density at radius 2 is 1.17 bits per heavy atom. The molecule has 0 aliphatic heterocycles. The maximum atomic E-state index is 13.6. The highest BCUT2D eigenvalue weighted by atomic mass is 32.2. The highest BCUT2D eigenvalue weighted by Gasteiger charge is 2.51. The van der Waals surface area contributed by atoms with Crippen molar-refractivity contribution >= 4 is 29.5 Å². The van der Waals surface area contributed by atoms with Gasteiger partial charge in [0.15, 0.2) is 0 Å². The van der Waals surface area contributed by atoms with Crippen LogP contribution in [0.1, 0.15) is 38.0 Å². The maximum Gasteiger partial charge on any atom is 0.261 e. The second kappa shape index (κ2) is 10.9. The first-order valence-corrected chi connectivity index (χ1v) is 15.3. The van der Waals surface area contributed by atoms with E-state index in [0.717, 1.165) is 16.0 Å². The third-order valence-corrected chi connectivity index (χ3v) is 12.9. The molecule has 4 aromatic rings. The van der Waals surface area contributed by atoms with Crippen molar-refractivity contribution in [3.8, 4) is 0 Å². The van der Waals surface area contributed by atoms with Crippen molar-refractivity contribution in [2.45, 2.75) is 43.7 Å². The Kier molecular flexibility index (Phi) is 7.85. The summed E-state index contributed by atoms with van der Waals surface area (Å²) in [5, 5.41) is 2.29. The molecule has 0 radical (unpaired) electrons. The van der Waals surface area contributed by atoms with Crippen LogP contribution in [0.5, 0.6) is 0 Å². The average Bonchev–Trinajstić information content (AvgIpc) is 2.87. The first kappa shape index (κ1) is 25.3. The Balaban J connectivity index is 1.85. The molecular weight excluding hydrogens is 464 g/mol. The number of hydrogen-bond donors (Lipinski definition) is 0. The zero-order chi connectivity index (χ0) is 24.9. The van der Waals surface area contributed by atoms with E-state index in [1.807, 2.05) is 49.4 Å². The fourth-order valence-corrected chi connectivity index (χ4v) is 10.6. The number of benzene rings is 4. The van der Waals surface area contributed by atoms with Gasteiger partial charge in [-0.25, -0.2) is 0 Å². The van der Waals surface area contributed by atoms with E-state index in [1.54, 1.807) is 0 Å². The van der Waals surface area contributed by atoms with E-state index in [2.05, 4.69) is 93.6 Å². The summed E-state index contributed by atoms with van der Waals surface area (Å²) in [5.74, 6) is 0.400. The molecule has 0 heterocycles. The summed E-state index contributed by atoms with van der Waals surface area (Å²) in [5.41, 5.74) is 2.22. The second-order valence-electron chi connectivity index (χ2n) is 10.0. The molecule has 1 unspecified atom stereocenters. The zero-order valence-electron chi connectivity index (χ0n) is 21.0. The van der Waals surface area contributed by atoms with Crippen molar-refractivity contribution in [1.29, 1.82) is 0 Å². The summed E-state index contributed by atoms with van der Waals surface area (Å²) < 4.78 is 21.0. The van der Waals surface area contributed by atoms with Crippen LogP contribution in [0.2, 0.25) is 5.04 Å². The van der Waals surface area contributed by atoms with Crippen LogP contribution in [0.15, 0.2) is 120 Å². The third-order valence-electron chi connectivity index (χ3n) is 6.49. The Morgan fingerprint density at radius 1 is 0.714 bits per heavy atom. The van der Waals surface area contributed by atoms with Crippen molar-refractivity contribution in [2.24, 2.45) is 0 Å². The van der Waals surface area contributed by atoms with Crippen LogP contribution < -0.4 is 10.4 Å². The van der Waals surface area contributed by atoms with Gasteiger partial charge in [-0.05, 0) is 40.0 Å². The van der Waals surface area contributed by atoms with Crippen LogP contribution in [0.3, 0.4) is 0 Å². The molecule has 0 N–H and O–H groups in total. The Labute approximate surface area is 213 Å². The number of aryl methyl sites for hydroxylation is 1. The standard InChI is InChI=1S/C31H34O2SSi/c1-25-20-22-27(23-21-25)34(32)24-30(26-14-8-5-9-15-26)33-35(31(2,3)4,28-16-10-6-11-17-28)29-18-12-7-13-19-29/h5-23,30H,24H2,1-4H3/t30-,34?/m0/s1. The molecule has 0 amide bonds. The van der Waals surface area contributed by atoms with Crippen molar-refractivity contribution in [3.63, 3.8) is 0 Å². The lowest BCUT2D eigenvalue weighted by Crippen LogP contribution is -2.67. The smallest absolute Gasteiger partial charge is 0.261 e. The quantitative estimate of drug-likeness (QED) is 0.262. The molecule has 2 atom stereocenters. The van der Waals surface area contributed by atoms with Gasteiger partial charge in [0.2, 0.25) is 0 Å². The summed E-state index contributed by atoms with van der Waals surface area (Å²) in [6.07, 6.45) is -0.315. The molecule has 0 saturated carbocycles. The van der Waals surface area contributed by atoms with E-state index in [9.17, 15) is 4.21 Å². The first-order valence-electron chi connectivity index (χ1n) is 12.1. The van der Waals surface area contributed by atoms with Gasteiger partial charge in [-0.15, -0.1) is 0 Å². The molecule has 4 aromatic carbocycles. The van der Waals surface area contributed by atoms with Crippen LogP contribution in [-0.2, 0) is 15.2 Å². The minimum atomic E-state index is -2.81. The Morgan fingerprint density at radius 3 is 1.63 bits per heavy atom. The van der Waals surface area contributed by atoms with E-state index >= 15 is 0 Å². The van der Waals surface area contributed by atoms with Gasteiger partial charge in [0.1, 0.15) is 0 Å². The fraction of sp³-hybridized carbons (Fsp3) is 0.226. The lowest BCUT2D eigenvalue weighted by molar-refractivity contribution is 0.214. The summed E-state index contributed by atoms with van der Waals surface area (Å²) >= 11 is 0. The highest BCUT2D eigenvalue weighted by Crippen LogP contribution is 2.40. The van der Waals surface area contributed by atoms with E-state index in [4.69, 9.17) is 4.43 Å². The monoisotopic (exact) mass is 498 g/mol. The predicted octanol–water partition coefficient (Wildman–Crippen LogP) is 6.42. The van der Waals surface area contributed by atoms with Gasteiger partial charge >= 0.3 is 0 Å². The SMILES string of the molecule is Cc1ccc(S(=O)C[C@H](O[Si](c2ccccc2)(c2ccccc2)C(C)(C)C)c2ccccc2)cc1. The van der Waals surface area contributed by atoms with E-state index in [1.165, 1.54) is 10.4 Å². The molecule has 4 heteroatoms. The van der Waals surface area contributed by atoms with Crippen molar-refractivity contribution in [1.82, 2.24) is 0 Å². The third kappa shape index (κ3) is 5.56. The summed E-state index contributed by atoms with van der Waals surface area (Å²) in [6, 6.07) is 39.5. The number of hydrogen-bond acceptors (Lipinski definition) is 2. The van der Waals surface area contributed by atoms with Gasteiger partial charge in [-0.1, -0.05) is 129 Å². The van der Waals surface area contributed by atoms with Crippen LogP contribution in [0.25, 0.3) is 0 Å². The van der Waals surface area contributed by atoms with Crippen LogP contribution in [0, 0.1) is 6.92 Å². The minimum Gasteiger partial charge on any atom is -0.400 e. The lowest BCUT2D eigenvalue weighted by atomic mass is 10.1. The van der Waals surface area contributed by atoms with Crippen molar-refractivity contribution < 1.29 is 8.63 Å². The van der Waals surface area contributed by atoms with Gasteiger partial charge < -0.3 is 4.43 Å². The molecule has 0 bridgehead atoms.